The van der Waals surface area contributed by atoms with Gasteiger partial charge < -0.3 is 19.7 Å². The number of aromatic hydroxyl groups is 1. The third-order valence-corrected chi connectivity index (χ3v) is 3.01. The number of pyridine rings is 1. The summed E-state index contributed by atoms with van der Waals surface area (Å²) in [5.41, 5.74) is 0.718. The second kappa shape index (κ2) is 6.13. The fourth-order valence-corrected chi connectivity index (χ4v) is 1.94. The molecule has 0 aliphatic rings. The van der Waals surface area contributed by atoms with Crippen LogP contribution in [0, 0.1) is 0 Å². The highest BCUT2D eigenvalue weighted by Gasteiger charge is 2.13. The Kier molecular flexibility index (Phi) is 4.27. The van der Waals surface area contributed by atoms with Crippen molar-refractivity contribution in [2.24, 2.45) is 0 Å². The van der Waals surface area contributed by atoms with E-state index in [1.54, 1.807) is 25.2 Å². The molecule has 0 fully saturated rings. The quantitative estimate of drug-likeness (QED) is 0.890. The largest absolute Gasteiger partial charge is 0.504 e. The third kappa shape index (κ3) is 3.42. The van der Waals surface area contributed by atoms with E-state index in [2.05, 4.69) is 4.98 Å². The number of aromatic amines is 1. The summed E-state index contributed by atoms with van der Waals surface area (Å²) in [6, 6.07) is 9.31. The number of ether oxygens (including phenoxy) is 1. The molecule has 0 aliphatic heterocycles. The zero-order valence-corrected chi connectivity index (χ0v) is 11.8. The zero-order valence-electron chi connectivity index (χ0n) is 11.8. The molecular weight excluding hydrogens is 272 g/mol. The monoisotopic (exact) mass is 288 g/mol. The highest BCUT2D eigenvalue weighted by molar-refractivity contribution is 5.91. The van der Waals surface area contributed by atoms with Gasteiger partial charge in [-0.3, -0.25) is 9.59 Å². The average Bonchev–Trinajstić information content (AvgIpc) is 2.48. The molecule has 1 heterocycles. The number of amides is 1. The van der Waals surface area contributed by atoms with Crippen LogP contribution < -0.4 is 10.3 Å². The molecule has 1 aromatic heterocycles. The van der Waals surface area contributed by atoms with Crippen LogP contribution in [-0.2, 0) is 6.54 Å². The second-order valence-corrected chi connectivity index (χ2v) is 4.60. The number of phenols is 1. The molecule has 0 bridgehead atoms. The average molecular weight is 288 g/mol. The fraction of sp³-hybridized carbons (Fsp3) is 0.200. The van der Waals surface area contributed by atoms with E-state index >= 15 is 0 Å². The highest BCUT2D eigenvalue weighted by atomic mass is 16.5. The van der Waals surface area contributed by atoms with Crippen molar-refractivity contribution in [1.82, 2.24) is 9.88 Å². The van der Waals surface area contributed by atoms with E-state index in [0.717, 1.165) is 5.56 Å². The molecule has 110 valence electrons. The Labute approximate surface area is 121 Å². The molecule has 21 heavy (non-hydrogen) atoms. The van der Waals surface area contributed by atoms with Crippen LogP contribution in [0.2, 0.25) is 0 Å². The number of benzene rings is 1. The third-order valence-electron chi connectivity index (χ3n) is 3.01. The number of rotatable bonds is 4. The normalized spacial score (nSPS) is 10.2. The maximum atomic E-state index is 12.2. The molecule has 6 nitrogen and oxygen atoms in total. The maximum Gasteiger partial charge on any atom is 0.270 e. The summed E-state index contributed by atoms with van der Waals surface area (Å²) in [7, 11) is 3.09. The van der Waals surface area contributed by atoms with Crippen molar-refractivity contribution in [2.75, 3.05) is 14.2 Å². The Balaban J connectivity index is 2.16. The van der Waals surface area contributed by atoms with Crippen LogP contribution >= 0.6 is 0 Å². The van der Waals surface area contributed by atoms with Gasteiger partial charge in [-0.25, -0.2) is 0 Å². The minimum absolute atomic E-state index is 0.0441. The molecule has 0 saturated heterocycles. The molecule has 2 rings (SSSR count). The molecule has 1 aromatic carbocycles. The molecule has 0 unspecified atom stereocenters. The first-order valence-corrected chi connectivity index (χ1v) is 6.32. The van der Waals surface area contributed by atoms with Crippen LogP contribution in [0.3, 0.4) is 0 Å². The lowest BCUT2D eigenvalue weighted by Gasteiger charge is -2.17. The molecule has 0 radical (unpaired) electrons. The van der Waals surface area contributed by atoms with Gasteiger partial charge in [-0.2, -0.15) is 0 Å². The summed E-state index contributed by atoms with van der Waals surface area (Å²) in [5, 5.41) is 9.54. The lowest BCUT2D eigenvalue weighted by atomic mass is 10.2. The molecular formula is C15H16N2O4. The lowest BCUT2D eigenvalue weighted by Crippen LogP contribution is -2.28. The number of nitrogens with zero attached hydrogens (tertiary/aromatic N) is 1. The number of hydrogen-bond acceptors (Lipinski definition) is 4. The first-order valence-electron chi connectivity index (χ1n) is 6.32. The number of aromatic nitrogens is 1. The van der Waals surface area contributed by atoms with Crippen LogP contribution in [0.1, 0.15) is 16.1 Å². The van der Waals surface area contributed by atoms with Crippen molar-refractivity contribution < 1.29 is 14.6 Å². The van der Waals surface area contributed by atoms with Crippen molar-refractivity contribution in [3.05, 3.63) is 58.0 Å². The number of carbonyl (C=O) groups is 1. The van der Waals surface area contributed by atoms with E-state index in [-0.39, 0.29) is 22.9 Å². The van der Waals surface area contributed by atoms with E-state index in [1.165, 1.54) is 30.2 Å². The van der Waals surface area contributed by atoms with Crippen LogP contribution in [0.25, 0.3) is 0 Å². The molecule has 0 atom stereocenters. The standard InChI is InChI=1S/C15H16N2O4/c1-17(15(20)11-4-3-5-14(19)16-11)9-10-6-7-12(18)13(8-10)21-2/h3-8,18H,9H2,1-2H3,(H,16,19). The van der Waals surface area contributed by atoms with Gasteiger partial charge in [0.2, 0.25) is 5.56 Å². The van der Waals surface area contributed by atoms with Gasteiger partial charge in [0.25, 0.3) is 5.91 Å². The summed E-state index contributed by atoms with van der Waals surface area (Å²) in [6.45, 7) is 0.326. The molecule has 0 saturated carbocycles. The summed E-state index contributed by atoms with van der Waals surface area (Å²) in [4.78, 5) is 27.4. The van der Waals surface area contributed by atoms with Crippen LogP contribution in [-0.4, -0.2) is 35.1 Å². The predicted octanol–water partition coefficient (Wildman–Crippen LogP) is 1.36. The Bertz CT molecular complexity index is 709. The molecule has 1 amide bonds. The Morgan fingerprint density at radius 2 is 2.10 bits per heavy atom. The number of methoxy groups -OCH3 is 1. The molecule has 0 spiro atoms. The number of nitrogens with one attached hydrogen (secondary N) is 1. The molecule has 2 N–H and O–H groups in total. The van der Waals surface area contributed by atoms with Gasteiger partial charge in [-0.05, 0) is 23.8 Å². The number of H-pyrrole nitrogens is 1. The van der Waals surface area contributed by atoms with Crippen molar-refractivity contribution in [3.63, 3.8) is 0 Å². The van der Waals surface area contributed by atoms with Gasteiger partial charge >= 0.3 is 0 Å². The number of hydrogen-bond donors (Lipinski definition) is 2. The van der Waals surface area contributed by atoms with Crippen molar-refractivity contribution >= 4 is 5.91 Å². The smallest absolute Gasteiger partial charge is 0.270 e. The van der Waals surface area contributed by atoms with Gasteiger partial charge in [0, 0.05) is 19.7 Å². The zero-order chi connectivity index (χ0) is 15.4. The first-order chi connectivity index (χ1) is 10.0. The van der Waals surface area contributed by atoms with E-state index < -0.39 is 0 Å². The molecule has 2 aromatic rings. The van der Waals surface area contributed by atoms with Crippen molar-refractivity contribution in [2.45, 2.75) is 6.54 Å². The minimum Gasteiger partial charge on any atom is -0.504 e. The predicted molar refractivity (Wildman–Crippen MR) is 77.5 cm³/mol. The van der Waals surface area contributed by atoms with Gasteiger partial charge in [-0.15, -0.1) is 0 Å². The van der Waals surface area contributed by atoms with Crippen molar-refractivity contribution in [3.8, 4) is 11.5 Å². The summed E-state index contributed by atoms with van der Waals surface area (Å²) in [5.74, 6) is 0.101. The van der Waals surface area contributed by atoms with Crippen LogP contribution in [0.5, 0.6) is 11.5 Å². The van der Waals surface area contributed by atoms with Gasteiger partial charge in [0.1, 0.15) is 5.69 Å². The minimum atomic E-state index is -0.319. The van der Waals surface area contributed by atoms with Gasteiger partial charge in [-0.1, -0.05) is 12.1 Å². The summed E-state index contributed by atoms with van der Waals surface area (Å²) in [6.07, 6.45) is 0. The number of phenolic OH excluding ortho intramolecular Hbond substituents is 1. The SMILES string of the molecule is COc1cc(CN(C)C(=O)c2cccc(=O)[nH]2)ccc1O. The Morgan fingerprint density at radius 3 is 2.76 bits per heavy atom. The number of carbonyl (C=O) groups excluding carboxylic acids is 1. The highest BCUT2D eigenvalue weighted by Crippen LogP contribution is 2.26. The Morgan fingerprint density at radius 1 is 1.33 bits per heavy atom. The van der Waals surface area contributed by atoms with E-state index in [1.807, 2.05) is 0 Å². The van der Waals surface area contributed by atoms with Gasteiger partial charge in [0.15, 0.2) is 11.5 Å². The second-order valence-electron chi connectivity index (χ2n) is 4.60. The van der Waals surface area contributed by atoms with Gasteiger partial charge in [0.05, 0.1) is 7.11 Å². The van der Waals surface area contributed by atoms with Crippen molar-refractivity contribution in [1.29, 1.82) is 0 Å². The summed E-state index contributed by atoms with van der Waals surface area (Å²) >= 11 is 0. The Hall–Kier alpha value is -2.76. The molecule has 0 aliphatic carbocycles. The molecule has 6 heteroatoms. The first kappa shape index (κ1) is 14.6. The van der Waals surface area contributed by atoms with Crippen LogP contribution in [0.15, 0.2) is 41.2 Å². The summed E-state index contributed by atoms with van der Waals surface area (Å²) < 4.78 is 5.03. The maximum absolute atomic E-state index is 12.2. The van der Waals surface area contributed by atoms with E-state index in [9.17, 15) is 14.7 Å². The lowest BCUT2D eigenvalue weighted by molar-refractivity contribution is 0.0779. The fourth-order valence-electron chi connectivity index (χ4n) is 1.94. The van der Waals surface area contributed by atoms with Crippen LogP contribution in [0.4, 0.5) is 0 Å². The topological polar surface area (TPSA) is 82.6 Å². The van der Waals surface area contributed by atoms with E-state index in [0.29, 0.717) is 12.3 Å². The van der Waals surface area contributed by atoms with E-state index in [4.69, 9.17) is 4.74 Å².